The van der Waals surface area contributed by atoms with E-state index in [-0.39, 0.29) is 31.9 Å². The molecule has 9 heteroatoms. The van der Waals surface area contributed by atoms with E-state index in [1.54, 1.807) is 0 Å². The van der Waals surface area contributed by atoms with Gasteiger partial charge in [0.05, 0.1) is 12.7 Å². The number of aliphatic carboxylic acids is 1. The summed E-state index contributed by atoms with van der Waals surface area (Å²) in [5.74, 6) is -2.04. The highest BCUT2D eigenvalue weighted by Gasteiger charge is 2.31. The highest BCUT2D eigenvalue weighted by atomic mass is 16.5. The predicted molar refractivity (Wildman–Crippen MR) is 123 cm³/mol. The molecule has 1 unspecified atom stereocenters. The number of hydrogen-bond donors (Lipinski definition) is 3. The summed E-state index contributed by atoms with van der Waals surface area (Å²) >= 11 is 0. The zero-order valence-electron chi connectivity index (χ0n) is 18.6. The smallest absolute Gasteiger partial charge is 0.407 e. The number of carboxylic acid groups (broad SMARTS) is 1. The zero-order chi connectivity index (χ0) is 24.5. The molecule has 0 aromatic heterocycles. The molecule has 3 rings (SSSR count). The molecule has 1 aliphatic carbocycles. The topological polar surface area (TPSA) is 140 Å². The molecule has 2 amide bonds. The van der Waals surface area contributed by atoms with Gasteiger partial charge in [-0.05, 0) is 35.1 Å². The lowest BCUT2D eigenvalue weighted by atomic mass is 9.98. The maximum atomic E-state index is 12.9. The second-order valence-electron chi connectivity index (χ2n) is 7.95. The summed E-state index contributed by atoms with van der Waals surface area (Å²) in [6.07, 6.45) is -0.166. The van der Waals surface area contributed by atoms with E-state index in [2.05, 4.69) is 5.32 Å². The van der Waals surface area contributed by atoms with Gasteiger partial charge in [0.15, 0.2) is 0 Å². The molecule has 3 N–H and O–H groups in total. The number of carboxylic acids is 1. The maximum Gasteiger partial charge on any atom is 0.407 e. The van der Waals surface area contributed by atoms with Crippen molar-refractivity contribution in [3.8, 4) is 17.2 Å². The third-order valence-electron chi connectivity index (χ3n) is 5.72. The van der Waals surface area contributed by atoms with Gasteiger partial charge in [-0.15, -0.1) is 0 Å². The third-order valence-corrected chi connectivity index (χ3v) is 5.72. The van der Waals surface area contributed by atoms with Crippen LogP contribution in [-0.4, -0.2) is 65.4 Å². The van der Waals surface area contributed by atoms with Gasteiger partial charge in [0.1, 0.15) is 19.2 Å². The molecular weight excluding hydrogens is 438 g/mol. The van der Waals surface area contributed by atoms with Crippen molar-refractivity contribution < 1.29 is 29.3 Å². The summed E-state index contributed by atoms with van der Waals surface area (Å²) in [6.45, 7) is -1.16. The van der Waals surface area contributed by atoms with E-state index in [1.165, 1.54) is 0 Å². The van der Waals surface area contributed by atoms with Crippen molar-refractivity contribution in [2.24, 2.45) is 0 Å². The highest BCUT2D eigenvalue weighted by molar-refractivity contribution is 5.88. The van der Waals surface area contributed by atoms with Crippen molar-refractivity contribution in [1.82, 2.24) is 10.2 Å². The molecule has 0 spiro atoms. The fraction of sp³-hybridized carbons (Fsp3) is 0.360. The van der Waals surface area contributed by atoms with E-state index in [0.717, 1.165) is 27.2 Å². The fourth-order valence-electron chi connectivity index (χ4n) is 4.20. The Morgan fingerprint density at radius 2 is 1.71 bits per heavy atom. The molecule has 34 heavy (non-hydrogen) atoms. The first-order valence-electron chi connectivity index (χ1n) is 11.1. The Bertz CT molecular complexity index is 1030. The van der Waals surface area contributed by atoms with Crippen LogP contribution in [0, 0.1) is 11.3 Å². The van der Waals surface area contributed by atoms with Gasteiger partial charge in [0.25, 0.3) is 0 Å². The number of amides is 2. The van der Waals surface area contributed by atoms with Gasteiger partial charge in [0, 0.05) is 18.9 Å². The standard InChI is InChI=1S/C25H27N3O6/c26-12-6-5-11-22(24(32)28(13-14-29)15-23(30)31)27-25(33)34-16-21-19-9-3-1-7-17(19)18-8-2-4-10-20(18)21/h1-4,7-10,21-22,29H,5-6,11,13-16H2,(H,27,33)(H,30,31). The lowest BCUT2D eigenvalue weighted by Gasteiger charge is -2.26. The number of benzene rings is 2. The van der Waals surface area contributed by atoms with Gasteiger partial charge in [-0.3, -0.25) is 9.59 Å². The van der Waals surface area contributed by atoms with Crippen LogP contribution in [0.15, 0.2) is 48.5 Å². The fourth-order valence-corrected chi connectivity index (χ4v) is 4.20. The molecule has 9 nitrogen and oxygen atoms in total. The molecule has 0 aliphatic heterocycles. The average Bonchev–Trinajstić information content (AvgIpc) is 3.15. The molecule has 178 valence electrons. The molecule has 0 heterocycles. The minimum atomic E-state index is -1.24. The van der Waals surface area contributed by atoms with Gasteiger partial charge >= 0.3 is 12.1 Å². The monoisotopic (exact) mass is 465 g/mol. The number of carbonyl (C=O) groups is 3. The molecule has 0 fully saturated rings. The Balaban J connectivity index is 1.69. The summed E-state index contributed by atoms with van der Waals surface area (Å²) in [4.78, 5) is 37.6. The first kappa shape index (κ1) is 24.7. The second-order valence-corrected chi connectivity index (χ2v) is 7.95. The number of carbonyl (C=O) groups excluding carboxylic acids is 2. The minimum Gasteiger partial charge on any atom is -0.480 e. The van der Waals surface area contributed by atoms with Crippen LogP contribution in [0.5, 0.6) is 0 Å². The van der Waals surface area contributed by atoms with E-state index >= 15 is 0 Å². The second kappa shape index (κ2) is 11.8. The Morgan fingerprint density at radius 3 is 2.26 bits per heavy atom. The summed E-state index contributed by atoms with van der Waals surface area (Å²) < 4.78 is 5.50. The summed E-state index contributed by atoms with van der Waals surface area (Å²) in [7, 11) is 0. The van der Waals surface area contributed by atoms with Gasteiger partial charge < -0.3 is 25.2 Å². The van der Waals surface area contributed by atoms with E-state index in [0.29, 0.717) is 6.42 Å². The number of rotatable bonds is 11. The van der Waals surface area contributed by atoms with E-state index in [4.69, 9.17) is 15.1 Å². The molecule has 0 saturated heterocycles. The number of aliphatic hydroxyl groups excluding tert-OH is 1. The summed E-state index contributed by atoms with van der Waals surface area (Å²) in [5.41, 5.74) is 4.28. The van der Waals surface area contributed by atoms with E-state index in [1.807, 2.05) is 54.6 Å². The Hall–Kier alpha value is -3.90. The number of nitrogens with one attached hydrogen (secondary N) is 1. The number of hydrogen-bond acceptors (Lipinski definition) is 6. The molecular formula is C25H27N3O6. The minimum absolute atomic E-state index is 0.0639. The van der Waals surface area contributed by atoms with Crippen LogP contribution < -0.4 is 5.32 Å². The number of aliphatic hydroxyl groups is 1. The lowest BCUT2D eigenvalue weighted by molar-refractivity contribution is -0.145. The van der Waals surface area contributed by atoms with Crippen molar-refractivity contribution >= 4 is 18.0 Å². The van der Waals surface area contributed by atoms with Crippen LogP contribution in [0.2, 0.25) is 0 Å². The van der Waals surface area contributed by atoms with Gasteiger partial charge in [0.2, 0.25) is 5.91 Å². The molecule has 0 radical (unpaired) electrons. The SMILES string of the molecule is N#CCCCC(NC(=O)OCC1c2ccccc2-c2ccccc21)C(=O)N(CCO)CC(=O)O. The normalized spacial score (nSPS) is 12.7. The van der Waals surface area contributed by atoms with Crippen molar-refractivity contribution in [2.45, 2.75) is 31.2 Å². The first-order chi connectivity index (χ1) is 16.5. The predicted octanol–water partition coefficient (Wildman–Crippen LogP) is 2.49. The molecule has 0 saturated carbocycles. The number of ether oxygens (including phenoxy) is 1. The molecule has 0 bridgehead atoms. The van der Waals surface area contributed by atoms with Crippen LogP contribution in [0.25, 0.3) is 11.1 Å². The van der Waals surface area contributed by atoms with Crippen LogP contribution in [0.3, 0.4) is 0 Å². The third kappa shape index (κ3) is 5.91. The van der Waals surface area contributed by atoms with Crippen molar-refractivity contribution in [2.75, 3.05) is 26.3 Å². The molecule has 2 aromatic rings. The number of unbranched alkanes of at least 4 members (excludes halogenated alkanes) is 1. The van der Waals surface area contributed by atoms with Crippen LogP contribution >= 0.6 is 0 Å². The maximum absolute atomic E-state index is 12.9. The average molecular weight is 466 g/mol. The zero-order valence-corrected chi connectivity index (χ0v) is 18.6. The first-order valence-corrected chi connectivity index (χ1v) is 11.1. The van der Waals surface area contributed by atoms with Crippen LogP contribution in [0.1, 0.15) is 36.3 Å². The van der Waals surface area contributed by atoms with Crippen molar-refractivity contribution in [3.63, 3.8) is 0 Å². The quantitative estimate of drug-likeness (QED) is 0.433. The van der Waals surface area contributed by atoms with Gasteiger partial charge in [-0.25, -0.2) is 4.79 Å². The van der Waals surface area contributed by atoms with Gasteiger partial charge in [-0.2, -0.15) is 5.26 Å². The highest BCUT2D eigenvalue weighted by Crippen LogP contribution is 2.44. The van der Waals surface area contributed by atoms with Crippen LogP contribution in [-0.2, 0) is 14.3 Å². The largest absolute Gasteiger partial charge is 0.480 e. The molecule has 1 aliphatic rings. The van der Waals surface area contributed by atoms with E-state index in [9.17, 15) is 19.5 Å². The summed E-state index contributed by atoms with van der Waals surface area (Å²) in [5, 5.41) is 29.6. The Kier molecular flexibility index (Phi) is 8.60. The molecule has 1 atom stereocenters. The number of fused-ring (bicyclic) bond motifs is 3. The molecule has 2 aromatic carbocycles. The Labute approximate surface area is 197 Å². The Morgan fingerprint density at radius 1 is 1.09 bits per heavy atom. The van der Waals surface area contributed by atoms with E-state index < -0.39 is 37.2 Å². The number of nitriles is 1. The number of alkyl carbamates (subject to hydrolysis) is 1. The lowest BCUT2D eigenvalue weighted by Crippen LogP contribution is -2.50. The van der Waals surface area contributed by atoms with Crippen LogP contribution in [0.4, 0.5) is 4.79 Å². The van der Waals surface area contributed by atoms with Crippen molar-refractivity contribution in [1.29, 1.82) is 5.26 Å². The van der Waals surface area contributed by atoms with Crippen molar-refractivity contribution in [3.05, 3.63) is 59.7 Å². The summed E-state index contributed by atoms with van der Waals surface area (Å²) in [6, 6.07) is 16.7. The van der Waals surface area contributed by atoms with Gasteiger partial charge in [-0.1, -0.05) is 48.5 Å². The number of nitrogens with zero attached hydrogens (tertiary/aromatic N) is 2.